The van der Waals surface area contributed by atoms with Crippen LogP contribution in [-0.4, -0.2) is 19.2 Å². The zero-order valence-corrected chi connectivity index (χ0v) is 14.8. The van der Waals surface area contributed by atoms with Gasteiger partial charge in [-0.2, -0.15) is 0 Å². The van der Waals surface area contributed by atoms with Crippen molar-refractivity contribution in [3.63, 3.8) is 0 Å². The Morgan fingerprint density at radius 1 is 1.21 bits per heavy atom. The lowest BCUT2D eigenvalue weighted by Crippen LogP contribution is -2.07. The molecule has 24 heavy (non-hydrogen) atoms. The van der Waals surface area contributed by atoms with Crippen molar-refractivity contribution in [2.24, 2.45) is 0 Å². The average molecular weight is 389 g/mol. The fraction of sp³-hybridized carbons (Fsp3) is 0.211. The van der Waals surface area contributed by atoms with Gasteiger partial charge in [-0.15, -0.1) is 6.42 Å². The molecule has 0 heterocycles. The van der Waals surface area contributed by atoms with Crippen molar-refractivity contribution in [1.82, 2.24) is 0 Å². The van der Waals surface area contributed by atoms with Gasteiger partial charge in [-0.3, -0.25) is 0 Å². The maximum absolute atomic E-state index is 12.0. The summed E-state index contributed by atoms with van der Waals surface area (Å²) in [6.07, 6.45) is 5.10. The molecule has 0 unspecified atom stereocenters. The molecule has 0 saturated carbocycles. The molecule has 0 aromatic heterocycles. The molecule has 0 radical (unpaired) electrons. The molecule has 0 N–H and O–H groups in total. The molecule has 0 bridgehead atoms. The monoisotopic (exact) mass is 388 g/mol. The fourth-order valence-electron chi connectivity index (χ4n) is 2.01. The highest BCUT2D eigenvalue weighted by Gasteiger charge is 2.17. The maximum Gasteiger partial charge on any atom is 0.339 e. The molecular formula is C19H17BrO4. The second kappa shape index (κ2) is 8.99. The van der Waals surface area contributed by atoms with E-state index in [-0.39, 0.29) is 6.61 Å². The Morgan fingerprint density at radius 3 is 2.62 bits per heavy atom. The van der Waals surface area contributed by atoms with Crippen LogP contribution in [0.3, 0.4) is 0 Å². The van der Waals surface area contributed by atoms with Gasteiger partial charge in [0.25, 0.3) is 0 Å². The van der Waals surface area contributed by atoms with Gasteiger partial charge in [-0.25, -0.2) is 4.79 Å². The van der Waals surface area contributed by atoms with E-state index in [1.54, 1.807) is 12.1 Å². The molecule has 124 valence electrons. The third kappa shape index (κ3) is 4.77. The summed E-state index contributed by atoms with van der Waals surface area (Å²) in [5, 5.41) is 0. The van der Waals surface area contributed by atoms with Crippen LogP contribution in [0.1, 0.15) is 22.8 Å². The number of halogens is 1. The van der Waals surface area contributed by atoms with Gasteiger partial charge in [-0.1, -0.05) is 36.3 Å². The fourth-order valence-corrected chi connectivity index (χ4v) is 2.57. The van der Waals surface area contributed by atoms with Crippen LogP contribution in [0.25, 0.3) is 0 Å². The SMILES string of the molecule is C#CCOC(=O)c1cc(Br)c(OCc2ccccc2)c(OCC)c1. The standard InChI is InChI=1S/C19H17BrO4/c1-3-10-23-19(21)15-11-16(20)18(17(12-15)22-4-2)24-13-14-8-6-5-7-9-14/h1,5-9,11-12H,4,10,13H2,2H3. The Morgan fingerprint density at radius 2 is 1.96 bits per heavy atom. The van der Waals surface area contributed by atoms with Gasteiger partial charge >= 0.3 is 5.97 Å². The van der Waals surface area contributed by atoms with E-state index in [2.05, 4.69) is 21.9 Å². The number of terminal acetylenes is 1. The van der Waals surface area contributed by atoms with Crippen LogP contribution < -0.4 is 9.47 Å². The third-order valence-corrected chi connectivity index (χ3v) is 3.65. The molecule has 0 aliphatic heterocycles. The van der Waals surface area contributed by atoms with E-state index < -0.39 is 5.97 Å². The molecule has 0 fully saturated rings. The number of hydrogen-bond acceptors (Lipinski definition) is 4. The van der Waals surface area contributed by atoms with Gasteiger partial charge < -0.3 is 14.2 Å². The van der Waals surface area contributed by atoms with E-state index in [1.807, 2.05) is 37.3 Å². The van der Waals surface area contributed by atoms with Crippen molar-refractivity contribution in [3.8, 4) is 23.8 Å². The van der Waals surface area contributed by atoms with Gasteiger partial charge in [-0.05, 0) is 40.5 Å². The smallest absolute Gasteiger partial charge is 0.339 e. The zero-order valence-electron chi connectivity index (χ0n) is 13.3. The lowest BCUT2D eigenvalue weighted by Gasteiger charge is -2.15. The lowest BCUT2D eigenvalue weighted by atomic mass is 10.2. The number of hydrogen-bond donors (Lipinski definition) is 0. The third-order valence-electron chi connectivity index (χ3n) is 3.06. The van der Waals surface area contributed by atoms with E-state index in [1.165, 1.54) is 0 Å². The molecule has 0 saturated heterocycles. The molecule has 5 heteroatoms. The van der Waals surface area contributed by atoms with Crippen LogP contribution >= 0.6 is 15.9 Å². The van der Waals surface area contributed by atoms with Gasteiger partial charge in [0.05, 0.1) is 16.6 Å². The Labute approximate surface area is 149 Å². The Balaban J connectivity index is 2.23. The van der Waals surface area contributed by atoms with E-state index in [9.17, 15) is 4.79 Å². The first-order valence-electron chi connectivity index (χ1n) is 7.39. The highest BCUT2D eigenvalue weighted by molar-refractivity contribution is 9.10. The minimum Gasteiger partial charge on any atom is -0.490 e. The normalized spacial score (nSPS) is 9.88. The van der Waals surface area contributed by atoms with Crippen molar-refractivity contribution in [3.05, 3.63) is 58.1 Å². The average Bonchev–Trinajstić information content (AvgIpc) is 2.60. The van der Waals surface area contributed by atoms with E-state index in [0.29, 0.717) is 34.7 Å². The second-order valence-corrected chi connectivity index (χ2v) is 5.63. The number of esters is 1. The lowest BCUT2D eigenvalue weighted by molar-refractivity contribution is 0.0556. The summed E-state index contributed by atoms with van der Waals surface area (Å²) in [6.45, 7) is 2.61. The predicted octanol–water partition coefficient (Wildman–Crippen LogP) is 4.22. The summed E-state index contributed by atoms with van der Waals surface area (Å²) in [7, 11) is 0. The summed E-state index contributed by atoms with van der Waals surface area (Å²) in [5.74, 6) is 2.76. The molecule has 2 aromatic rings. The van der Waals surface area contributed by atoms with E-state index >= 15 is 0 Å². The topological polar surface area (TPSA) is 44.8 Å². The van der Waals surface area contributed by atoms with E-state index in [4.69, 9.17) is 20.6 Å². The van der Waals surface area contributed by atoms with Gasteiger partial charge in [0, 0.05) is 0 Å². The minimum atomic E-state index is -0.510. The molecule has 0 amide bonds. The highest BCUT2D eigenvalue weighted by Crippen LogP contribution is 2.37. The van der Waals surface area contributed by atoms with Crippen molar-refractivity contribution in [2.45, 2.75) is 13.5 Å². The van der Waals surface area contributed by atoms with Crippen LogP contribution in [0.4, 0.5) is 0 Å². The van der Waals surface area contributed by atoms with Gasteiger partial charge in [0.1, 0.15) is 6.61 Å². The largest absolute Gasteiger partial charge is 0.490 e. The summed E-state index contributed by atoms with van der Waals surface area (Å²) in [4.78, 5) is 12.0. The Kier molecular flexibility index (Phi) is 6.71. The van der Waals surface area contributed by atoms with Crippen LogP contribution in [-0.2, 0) is 11.3 Å². The number of carbonyl (C=O) groups excluding carboxylic acids is 1. The number of rotatable bonds is 7. The molecule has 4 nitrogen and oxygen atoms in total. The maximum atomic E-state index is 12.0. The predicted molar refractivity (Wildman–Crippen MR) is 95.2 cm³/mol. The molecular weight excluding hydrogens is 372 g/mol. The molecule has 0 aliphatic rings. The Hall–Kier alpha value is -2.45. The quantitative estimate of drug-likeness (QED) is 0.526. The first-order valence-corrected chi connectivity index (χ1v) is 8.18. The molecule has 0 atom stereocenters. The summed E-state index contributed by atoms with van der Waals surface area (Å²) >= 11 is 3.42. The number of carbonyl (C=O) groups is 1. The van der Waals surface area contributed by atoms with Crippen LogP contribution in [0, 0.1) is 12.3 Å². The summed E-state index contributed by atoms with van der Waals surface area (Å²) in [6, 6.07) is 13.0. The van der Waals surface area contributed by atoms with Crippen LogP contribution in [0.15, 0.2) is 46.9 Å². The van der Waals surface area contributed by atoms with Gasteiger partial charge in [0.2, 0.25) is 0 Å². The van der Waals surface area contributed by atoms with Gasteiger partial charge in [0.15, 0.2) is 18.1 Å². The minimum absolute atomic E-state index is 0.0767. The van der Waals surface area contributed by atoms with Crippen LogP contribution in [0.5, 0.6) is 11.5 Å². The number of ether oxygens (including phenoxy) is 3. The zero-order chi connectivity index (χ0) is 17.4. The molecule has 0 spiro atoms. The first-order chi connectivity index (χ1) is 11.7. The summed E-state index contributed by atoms with van der Waals surface area (Å²) < 4.78 is 17.0. The van der Waals surface area contributed by atoms with E-state index in [0.717, 1.165) is 5.56 Å². The second-order valence-electron chi connectivity index (χ2n) is 4.77. The van der Waals surface area contributed by atoms with Crippen molar-refractivity contribution < 1.29 is 19.0 Å². The first kappa shape index (κ1) is 17.9. The highest BCUT2D eigenvalue weighted by atomic mass is 79.9. The van der Waals surface area contributed by atoms with Crippen LogP contribution in [0.2, 0.25) is 0 Å². The van der Waals surface area contributed by atoms with Crippen molar-refractivity contribution in [2.75, 3.05) is 13.2 Å². The van der Waals surface area contributed by atoms with Crippen molar-refractivity contribution in [1.29, 1.82) is 0 Å². The summed E-state index contributed by atoms with van der Waals surface area (Å²) in [5.41, 5.74) is 1.37. The Bertz CT molecular complexity index is 735. The molecule has 2 rings (SSSR count). The van der Waals surface area contributed by atoms with Crippen molar-refractivity contribution >= 4 is 21.9 Å². The molecule has 0 aliphatic carbocycles. The number of benzene rings is 2. The molecule has 2 aromatic carbocycles.